The summed E-state index contributed by atoms with van der Waals surface area (Å²) in [5, 5.41) is 9.17. The minimum Gasteiger partial charge on any atom is -0.481 e. The molecule has 0 aliphatic carbocycles. The monoisotopic (exact) mass is 297 g/mol. The molecule has 1 heterocycles. The zero-order valence-corrected chi connectivity index (χ0v) is 10.8. The lowest BCUT2D eigenvalue weighted by Crippen LogP contribution is -2.06. The van der Waals surface area contributed by atoms with Gasteiger partial charge in [0.05, 0.1) is 23.8 Å². The first kappa shape index (κ1) is 14.8. The molecule has 2 rings (SSSR count). The number of rotatable bonds is 3. The number of carboxylic acids is 1. The quantitative estimate of drug-likeness (QED) is 0.942. The van der Waals surface area contributed by atoms with Crippen molar-refractivity contribution in [2.45, 2.75) is 6.18 Å². The highest BCUT2D eigenvalue weighted by atomic mass is 19.4. The van der Waals surface area contributed by atoms with Crippen molar-refractivity contribution in [1.29, 1.82) is 0 Å². The molecule has 21 heavy (non-hydrogen) atoms. The number of benzene rings is 1. The summed E-state index contributed by atoms with van der Waals surface area (Å²) in [5.74, 6) is -1.32. The second-order valence-electron chi connectivity index (χ2n) is 4.13. The van der Waals surface area contributed by atoms with Gasteiger partial charge in [-0.15, -0.1) is 0 Å². The first-order valence-corrected chi connectivity index (χ1v) is 5.78. The molecular formula is C14H10F3NO3. The van der Waals surface area contributed by atoms with Crippen molar-refractivity contribution in [3.8, 4) is 17.0 Å². The van der Waals surface area contributed by atoms with Crippen LogP contribution in [0.4, 0.5) is 13.2 Å². The van der Waals surface area contributed by atoms with E-state index in [2.05, 4.69) is 4.98 Å². The van der Waals surface area contributed by atoms with Crippen molar-refractivity contribution in [1.82, 2.24) is 4.98 Å². The molecule has 0 saturated carbocycles. The van der Waals surface area contributed by atoms with Crippen molar-refractivity contribution < 1.29 is 27.8 Å². The Bertz CT molecular complexity index is 683. The van der Waals surface area contributed by atoms with E-state index in [4.69, 9.17) is 4.74 Å². The first-order chi connectivity index (χ1) is 9.84. The van der Waals surface area contributed by atoms with Crippen LogP contribution in [0.3, 0.4) is 0 Å². The van der Waals surface area contributed by atoms with E-state index in [-0.39, 0.29) is 22.6 Å². The molecular weight excluding hydrogens is 287 g/mol. The Kier molecular flexibility index (Phi) is 3.84. The number of hydrogen-bond acceptors (Lipinski definition) is 3. The Morgan fingerprint density at radius 1 is 1.29 bits per heavy atom. The normalized spacial score (nSPS) is 11.2. The van der Waals surface area contributed by atoms with Crippen LogP contribution in [-0.2, 0) is 6.18 Å². The van der Waals surface area contributed by atoms with E-state index < -0.39 is 17.7 Å². The minimum atomic E-state index is -4.52. The van der Waals surface area contributed by atoms with Gasteiger partial charge in [0.15, 0.2) is 0 Å². The summed E-state index contributed by atoms with van der Waals surface area (Å²) in [6.45, 7) is 0. The number of carbonyl (C=O) groups is 1. The van der Waals surface area contributed by atoms with Gasteiger partial charge < -0.3 is 9.84 Å². The SMILES string of the molecule is COc1nccc(C(=O)O)c1-c1cccc(C(F)(F)F)c1. The van der Waals surface area contributed by atoms with Gasteiger partial charge in [0.2, 0.25) is 5.88 Å². The van der Waals surface area contributed by atoms with Crippen molar-refractivity contribution in [3.63, 3.8) is 0 Å². The van der Waals surface area contributed by atoms with Gasteiger partial charge in [-0.1, -0.05) is 12.1 Å². The molecule has 2 aromatic rings. The van der Waals surface area contributed by atoms with Crippen molar-refractivity contribution in [3.05, 3.63) is 47.7 Å². The molecule has 0 saturated heterocycles. The number of nitrogens with zero attached hydrogens (tertiary/aromatic N) is 1. The summed E-state index contributed by atoms with van der Waals surface area (Å²) in [7, 11) is 1.27. The maximum atomic E-state index is 12.8. The molecule has 0 aliphatic rings. The number of pyridine rings is 1. The fourth-order valence-electron chi connectivity index (χ4n) is 1.91. The maximum absolute atomic E-state index is 12.8. The van der Waals surface area contributed by atoms with Gasteiger partial charge in [0, 0.05) is 6.20 Å². The van der Waals surface area contributed by atoms with E-state index in [0.717, 1.165) is 12.1 Å². The van der Waals surface area contributed by atoms with Gasteiger partial charge in [-0.2, -0.15) is 13.2 Å². The molecule has 110 valence electrons. The summed E-state index contributed by atoms with van der Waals surface area (Å²) in [4.78, 5) is 15.1. The lowest BCUT2D eigenvalue weighted by Gasteiger charge is -2.13. The third-order valence-corrected chi connectivity index (χ3v) is 2.82. The van der Waals surface area contributed by atoms with E-state index in [0.29, 0.717) is 0 Å². The van der Waals surface area contributed by atoms with Crippen molar-refractivity contribution in [2.24, 2.45) is 0 Å². The van der Waals surface area contributed by atoms with E-state index in [1.807, 2.05) is 0 Å². The second kappa shape index (κ2) is 5.43. The molecule has 7 heteroatoms. The maximum Gasteiger partial charge on any atom is 0.416 e. The Morgan fingerprint density at radius 2 is 2.00 bits per heavy atom. The summed E-state index contributed by atoms with van der Waals surface area (Å²) in [6.07, 6.45) is -3.30. The number of carboxylic acid groups (broad SMARTS) is 1. The topological polar surface area (TPSA) is 59.4 Å². The van der Waals surface area contributed by atoms with Gasteiger partial charge >= 0.3 is 12.1 Å². The molecule has 0 unspecified atom stereocenters. The van der Waals surface area contributed by atoms with Crippen LogP contribution in [0.2, 0.25) is 0 Å². The summed E-state index contributed by atoms with van der Waals surface area (Å²) < 4.78 is 43.2. The lowest BCUT2D eigenvalue weighted by atomic mass is 9.99. The van der Waals surface area contributed by atoms with Crippen LogP contribution in [0.5, 0.6) is 5.88 Å². The lowest BCUT2D eigenvalue weighted by molar-refractivity contribution is -0.137. The average Bonchev–Trinajstić information content (AvgIpc) is 2.45. The second-order valence-corrected chi connectivity index (χ2v) is 4.13. The highest BCUT2D eigenvalue weighted by molar-refractivity contribution is 5.97. The fourth-order valence-corrected chi connectivity index (χ4v) is 1.91. The van der Waals surface area contributed by atoms with Crippen LogP contribution < -0.4 is 4.74 Å². The number of hydrogen-bond donors (Lipinski definition) is 1. The van der Waals surface area contributed by atoms with Crippen LogP contribution in [0.25, 0.3) is 11.1 Å². The molecule has 1 aromatic heterocycles. The van der Waals surface area contributed by atoms with E-state index in [1.165, 1.54) is 31.5 Å². The van der Waals surface area contributed by atoms with Crippen LogP contribution >= 0.6 is 0 Å². The minimum absolute atomic E-state index is 0.0126. The third-order valence-electron chi connectivity index (χ3n) is 2.82. The number of alkyl halides is 3. The van der Waals surface area contributed by atoms with E-state index >= 15 is 0 Å². The predicted molar refractivity (Wildman–Crippen MR) is 68.2 cm³/mol. The van der Waals surface area contributed by atoms with Gasteiger partial charge in [-0.25, -0.2) is 9.78 Å². The Hall–Kier alpha value is -2.57. The molecule has 0 fully saturated rings. The summed E-state index contributed by atoms with van der Waals surface area (Å²) >= 11 is 0. The highest BCUT2D eigenvalue weighted by Gasteiger charge is 2.31. The predicted octanol–water partition coefficient (Wildman–Crippen LogP) is 3.47. The smallest absolute Gasteiger partial charge is 0.416 e. The van der Waals surface area contributed by atoms with Crippen molar-refractivity contribution >= 4 is 5.97 Å². The van der Waals surface area contributed by atoms with E-state index in [9.17, 15) is 23.1 Å². The highest BCUT2D eigenvalue weighted by Crippen LogP contribution is 2.36. The largest absolute Gasteiger partial charge is 0.481 e. The fraction of sp³-hybridized carbons (Fsp3) is 0.143. The molecule has 0 amide bonds. The molecule has 0 aliphatic heterocycles. The molecule has 0 atom stereocenters. The zero-order valence-electron chi connectivity index (χ0n) is 10.8. The number of aromatic nitrogens is 1. The Balaban J connectivity index is 2.69. The average molecular weight is 297 g/mol. The number of halogens is 3. The molecule has 0 spiro atoms. The van der Waals surface area contributed by atoms with Crippen LogP contribution in [0.1, 0.15) is 15.9 Å². The Labute approximate surface area is 117 Å². The van der Waals surface area contributed by atoms with Gasteiger partial charge in [0.1, 0.15) is 0 Å². The zero-order chi connectivity index (χ0) is 15.6. The van der Waals surface area contributed by atoms with Crippen LogP contribution in [0, 0.1) is 0 Å². The molecule has 0 bridgehead atoms. The van der Waals surface area contributed by atoms with Gasteiger partial charge in [-0.3, -0.25) is 0 Å². The standard InChI is InChI=1S/C14H10F3NO3/c1-21-12-11(10(13(19)20)5-6-18-12)8-3-2-4-9(7-8)14(15,16)17/h2-7H,1H3,(H,19,20). The van der Waals surface area contributed by atoms with Crippen LogP contribution in [-0.4, -0.2) is 23.2 Å². The molecule has 0 radical (unpaired) electrons. The molecule has 1 aromatic carbocycles. The number of aromatic carboxylic acids is 1. The first-order valence-electron chi connectivity index (χ1n) is 5.78. The van der Waals surface area contributed by atoms with E-state index in [1.54, 1.807) is 0 Å². The summed E-state index contributed by atoms with van der Waals surface area (Å²) in [5.41, 5.74) is -0.964. The summed E-state index contributed by atoms with van der Waals surface area (Å²) in [6, 6.07) is 5.57. The van der Waals surface area contributed by atoms with Gasteiger partial charge in [-0.05, 0) is 23.8 Å². The third kappa shape index (κ3) is 2.96. The number of methoxy groups -OCH3 is 1. The Morgan fingerprint density at radius 3 is 2.57 bits per heavy atom. The van der Waals surface area contributed by atoms with Crippen LogP contribution in [0.15, 0.2) is 36.5 Å². The van der Waals surface area contributed by atoms with Crippen molar-refractivity contribution in [2.75, 3.05) is 7.11 Å². The number of ether oxygens (including phenoxy) is 1. The molecule has 1 N–H and O–H groups in total. The molecule has 4 nitrogen and oxygen atoms in total. The van der Waals surface area contributed by atoms with Gasteiger partial charge in [0.25, 0.3) is 0 Å².